The van der Waals surface area contributed by atoms with Gasteiger partial charge < -0.3 is 15.5 Å². The Bertz CT molecular complexity index is 850. The molecule has 27 heavy (non-hydrogen) atoms. The molecule has 0 spiro atoms. The van der Waals surface area contributed by atoms with E-state index in [1.165, 1.54) is 0 Å². The van der Waals surface area contributed by atoms with Crippen LogP contribution in [0, 0.1) is 5.92 Å². The van der Waals surface area contributed by atoms with Crippen LogP contribution in [0.1, 0.15) is 35.2 Å². The number of rotatable bonds is 2. The van der Waals surface area contributed by atoms with Gasteiger partial charge in [-0.15, -0.1) is 0 Å². The summed E-state index contributed by atoms with van der Waals surface area (Å²) in [5, 5.41) is 0. The number of amides is 2. The Balaban J connectivity index is 1.52. The average Bonchev–Trinajstić information content (AvgIpc) is 2.73. The van der Waals surface area contributed by atoms with Crippen LogP contribution in [-0.2, 0) is 11.2 Å². The molecule has 0 saturated carbocycles. The van der Waals surface area contributed by atoms with Gasteiger partial charge in [-0.1, -0.05) is 24.3 Å². The van der Waals surface area contributed by atoms with Crippen molar-refractivity contribution < 1.29 is 9.59 Å². The summed E-state index contributed by atoms with van der Waals surface area (Å²) in [6.07, 6.45) is 3.51. The lowest BCUT2D eigenvalue weighted by molar-refractivity contribution is -0.123. The summed E-state index contributed by atoms with van der Waals surface area (Å²) in [6, 6.07) is 15.1. The number of nitrogens with zero attached hydrogens (tertiary/aromatic N) is 2. The van der Waals surface area contributed by atoms with Crippen molar-refractivity contribution >= 4 is 23.2 Å². The highest BCUT2D eigenvalue weighted by atomic mass is 16.2. The van der Waals surface area contributed by atoms with Gasteiger partial charge >= 0.3 is 0 Å². The molecule has 5 heteroatoms. The SMILES string of the molecule is Nc1cccc2c1CCCN2C(=O)C1CCCN(C(=O)c2ccccc2)C1. The monoisotopic (exact) mass is 363 g/mol. The zero-order valence-corrected chi connectivity index (χ0v) is 15.4. The molecule has 2 N–H and O–H groups in total. The lowest BCUT2D eigenvalue weighted by atomic mass is 9.93. The molecule has 2 heterocycles. The predicted molar refractivity (Wildman–Crippen MR) is 107 cm³/mol. The van der Waals surface area contributed by atoms with Gasteiger partial charge in [-0.3, -0.25) is 9.59 Å². The smallest absolute Gasteiger partial charge is 0.253 e. The van der Waals surface area contributed by atoms with Crippen molar-refractivity contribution in [2.24, 2.45) is 5.92 Å². The van der Waals surface area contributed by atoms with Crippen molar-refractivity contribution in [3.8, 4) is 0 Å². The number of carbonyl (C=O) groups is 2. The normalized spacial score (nSPS) is 19.5. The van der Waals surface area contributed by atoms with E-state index >= 15 is 0 Å². The highest BCUT2D eigenvalue weighted by Gasteiger charge is 2.33. The van der Waals surface area contributed by atoms with Crippen LogP contribution in [0.4, 0.5) is 11.4 Å². The van der Waals surface area contributed by atoms with Gasteiger partial charge in [-0.25, -0.2) is 0 Å². The summed E-state index contributed by atoms with van der Waals surface area (Å²) in [5.41, 5.74) is 9.58. The molecule has 2 aromatic rings. The zero-order chi connectivity index (χ0) is 18.8. The van der Waals surface area contributed by atoms with Crippen molar-refractivity contribution in [1.82, 2.24) is 4.90 Å². The Hall–Kier alpha value is -2.82. The van der Waals surface area contributed by atoms with Gasteiger partial charge in [0.2, 0.25) is 5.91 Å². The molecule has 1 unspecified atom stereocenters. The van der Waals surface area contributed by atoms with Crippen LogP contribution >= 0.6 is 0 Å². The number of nitrogens with two attached hydrogens (primary N) is 1. The third kappa shape index (κ3) is 3.42. The van der Waals surface area contributed by atoms with E-state index in [1.54, 1.807) is 0 Å². The number of benzene rings is 2. The number of piperidine rings is 1. The summed E-state index contributed by atoms with van der Waals surface area (Å²) >= 11 is 0. The molecule has 2 aromatic carbocycles. The minimum absolute atomic E-state index is 0.0105. The first-order chi connectivity index (χ1) is 13.1. The molecular weight excluding hydrogens is 338 g/mol. The molecule has 140 valence electrons. The fraction of sp³-hybridized carbons (Fsp3) is 0.364. The van der Waals surface area contributed by atoms with Gasteiger partial charge in [0.1, 0.15) is 0 Å². The molecule has 4 rings (SSSR count). The number of carbonyl (C=O) groups excluding carboxylic acids is 2. The number of nitrogen functional groups attached to an aromatic ring is 1. The van der Waals surface area contributed by atoms with Gasteiger partial charge in [0.15, 0.2) is 0 Å². The van der Waals surface area contributed by atoms with Gasteiger partial charge in [-0.2, -0.15) is 0 Å². The summed E-state index contributed by atoms with van der Waals surface area (Å²) in [7, 11) is 0. The highest BCUT2D eigenvalue weighted by Crippen LogP contribution is 2.33. The average molecular weight is 363 g/mol. The molecule has 2 aliphatic heterocycles. The molecule has 0 aromatic heterocycles. The fourth-order valence-corrected chi connectivity index (χ4v) is 4.23. The number of likely N-dealkylation sites (tertiary alicyclic amines) is 1. The molecule has 1 saturated heterocycles. The molecule has 0 radical (unpaired) electrons. The number of anilines is 2. The van der Waals surface area contributed by atoms with E-state index in [9.17, 15) is 9.59 Å². The minimum Gasteiger partial charge on any atom is -0.398 e. The van der Waals surface area contributed by atoms with E-state index in [2.05, 4.69) is 0 Å². The van der Waals surface area contributed by atoms with E-state index in [4.69, 9.17) is 5.73 Å². The van der Waals surface area contributed by atoms with Crippen LogP contribution < -0.4 is 10.6 Å². The first kappa shape index (κ1) is 17.6. The van der Waals surface area contributed by atoms with Crippen LogP contribution in [0.25, 0.3) is 0 Å². The van der Waals surface area contributed by atoms with E-state index in [0.29, 0.717) is 18.7 Å². The fourth-order valence-electron chi connectivity index (χ4n) is 4.23. The van der Waals surface area contributed by atoms with E-state index in [1.807, 2.05) is 58.3 Å². The molecule has 2 aliphatic rings. The van der Waals surface area contributed by atoms with E-state index in [-0.39, 0.29) is 17.7 Å². The van der Waals surface area contributed by atoms with Crippen LogP contribution in [-0.4, -0.2) is 36.3 Å². The third-order valence-electron chi connectivity index (χ3n) is 5.63. The standard InChI is InChI=1S/C22H25N3O2/c23-19-11-4-12-20-18(19)10-6-14-25(20)22(27)17-9-5-13-24(15-17)21(26)16-7-2-1-3-8-16/h1-4,7-8,11-12,17H,5-6,9-10,13-15,23H2. The van der Waals surface area contributed by atoms with Crippen molar-refractivity contribution in [3.05, 3.63) is 59.7 Å². The summed E-state index contributed by atoms with van der Waals surface area (Å²) < 4.78 is 0. The predicted octanol–water partition coefficient (Wildman–Crippen LogP) is 3.10. The Labute approximate surface area is 159 Å². The molecular formula is C22H25N3O2. The van der Waals surface area contributed by atoms with Crippen molar-refractivity contribution in [1.29, 1.82) is 0 Å². The molecule has 5 nitrogen and oxygen atoms in total. The Morgan fingerprint density at radius 2 is 1.78 bits per heavy atom. The second-order valence-corrected chi connectivity index (χ2v) is 7.39. The second kappa shape index (κ2) is 7.43. The Morgan fingerprint density at radius 3 is 2.59 bits per heavy atom. The molecule has 1 atom stereocenters. The van der Waals surface area contributed by atoms with Gasteiger partial charge in [0, 0.05) is 36.6 Å². The maximum Gasteiger partial charge on any atom is 0.253 e. The quantitative estimate of drug-likeness (QED) is 0.834. The molecule has 0 aliphatic carbocycles. The van der Waals surface area contributed by atoms with E-state index < -0.39 is 0 Å². The number of hydrogen-bond acceptors (Lipinski definition) is 3. The first-order valence-corrected chi connectivity index (χ1v) is 9.68. The largest absolute Gasteiger partial charge is 0.398 e. The molecule has 1 fully saturated rings. The molecule has 0 bridgehead atoms. The molecule has 2 amide bonds. The van der Waals surface area contributed by atoms with Crippen molar-refractivity contribution in [2.45, 2.75) is 25.7 Å². The zero-order valence-electron chi connectivity index (χ0n) is 15.4. The summed E-state index contributed by atoms with van der Waals surface area (Å²) in [6.45, 7) is 1.92. The topological polar surface area (TPSA) is 66.6 Å². The van der Waals surface area contributed by atoms with Crippen LogP contribution in [0.15, 0.2) is 48.5 Å². The maximum absolute atomic E-state index is 13.3. The van der Waals surface area contributed by atoms with Crippen LogP contribution in [0.3, 0.4) is 0 Å². The summed E-state index contributed by atoms with van der Waals surface area (Å²) in [4.78, 5) is 29.8. The van der Waals surface area contributed by atoms with Crippen molar-refractivity contribution in [3.63, 3.8) is 0 Å². The minimum atomic E-state index is -0.154. The van der Waals surface area contributed by atoms with Crippen LogP contribution in [0.2, 0.25) is 0 Å². The Kier molecular flexibility index (Phi) is 4.84. The lowest BCUT2D eigenvalue weighted by Gasteiger charge is -2.37. The van der Waals surface area contributed by atoms with Gasteiger partial charge in [0.05, 0.1) is 5.92 Å². The highest BCUT2D eigenvalue weighted by molar-refractivity contribution is 5.98. The van der Waals surface area contributed by atoms with E-state index in [0.717, 1.165) is 49.2 Å². The summed E-state index contributed by atoms with van der Waals surface area (Å²) in [5.74, 6) is -0.0257. The second-order valence-electron chi connectivity index (χ2n) is 7.39. The van der Waals surface area contributed by atoms with Gasteiger partial charge in [0.25, 0.3) is 5.91 Å². The number of fused-ring (bicyclic) bond motifs is 1. The first-order valence-electron chi connectivity index (χ1n) is 9.68. The third-order valence-corrected chi connectivity index (χ3v) is 5.63. The van der Waals surface area contributed by atoms with Crippen molar-refractivity contribution in [2.75, 3.05) is 30.3 Å². The maximum atomic E-state index is 13.3. The van der Waals surface area contributed by atoms with Crippen LogP contribution in [0.5, 0.6) is 0 Å². The van der Waals surface area contributed by atoms with Gasteiger partial charge in [-0.05, 0) is 55.5 Å². The lowest BCUT2D eigenvalue weighted by Crippen LogP contribution is -2.48. The Morgan fingerprint density at radius 1 is 0.963 bits per heavy atom. The number of hydrogen-bond donors (Lipinski definition) is 1.